The van der Waals surface area contributed by atoms with Crippen LogP contribution in [0.25, 0.3) is 5.69 Å². The molecule has 0 amide bonds. The Bertz CT molecular complexity index is 403. The summed E-state index contributed by atoms with van der Waals surface area (Å²) in [7, 11) is 0. The number of hydrogen-bond acceptors (Lipinski definition) is 2. The molecule has 0 saturated heterocycles. The molecule has 13 heavy (non-hydrogen) atoms. The molecule has 66 valence electrons. The van der Waals surface area contributed by atoms with Gasteiger partial charge in [0.15, 0.2) is 5.75 Å². The van der Waals surface area contributed by atoms with Crippen LogP contribution < -0.4 is 0 Å². The fourth-order valence-corrected chi connectivity index (χ4v) is 1.15. The van der Waals surface area contributed by atoms with E-state index in [0.29, 0.717) is 0 Å². The maximum Gasteiger partial charge on any atom is 0.153 e. The van der Waals surface area contributed by atoms with E-state index in [0.717, 1.165) is 5.69 Å². The molecule has 0 aliphatic rings. The molecule has 1 aromatic carbocycles. The van der Waals surface area contributed by atoms with Gasteiger partial charge in [0.25, 0.3) is 0 Å². The number of aromatic nitrogens is 2. The second-order valence-corrected chi connectivity index (χ2v) is 2.98. The predicted molar refractivity (Wildman–Crippen MR) is 50.0 cm³/mol. The third-order valence-electron chi connectivity index (χ3n) is 1.87. The van der Waals surface area contributed by atoms with E-state index in [4.69, 9.17) is 5.11 Å². The topological polar surface area (TPSA) is 38.0 Å². The van der Waals surface area contributed by atoms with Crippen molar-refractivity contribution in [3.8, 4) is 11.4 Å². The zero-order chi connectivity index (χ0) is 9.26. The van der Waals surface area contributed by atoms with E-state index >= 15 is 0 Å². The van der Waals surface area contributed by atoms with Crippen LogP contribution in [0.1, 0.15) is 5.56 Å². The highest BCUT2D eigenvalue weighted by atomic mass is 16.3. The van der Waals surface area contributed by atoms with Gasteiger partial charge in [0.2, 0.25) is 0 Å². The number of aryl methyl sites for hydroxylation is 1. The van der Waals surface area contributed by atoms with Crippen molar-refractivity contribution in [2.75, 3.05) is 0 Å². The van der Waals surface area contributed by atoms with E-state index < -0.39 is 0 Å². The highest BCUT2D eigenvalue weighted by Gasteiger charge is 1.97. The molecule has 0 spiro atoms. The number of benzene rings is 1. The molecule has 0 aliphatic heterocycles. The Balaban J connectivity index is 2.41. The Hall–Kier alpha value is -1.77. The molecule has 1 heterocycles. The summed E-state index contributed by atoms with van der Waals surface area (Å²) in [6, 6.07) is 7.94. The van der Waals surface area contributed by atoms with Crippen LogP contribution in [0.4, 0.5) is 0 Å². The molecule has 1 N–H and O–H groups in total. The van der Waals surface area contributed by atoms with Crippen LogP contribution in [0.15, 0.2) is 36.7 Å². The minimum Gasteiger partial charge on any atom is -0.505 e. The quantitative estimate of drug-likeness (QED) is 0.716. The van der Waals surface area contributed by atoms with Crippen molar-refractivity contribution in [2.24, 2.45) is 0 Å². The third kappa shape index (κ3) is 1.54. The fourth-order valence-electron chi connectivity index (χ4n) is 1.15. The molecule has 0 saturated carbocycles. The second kappa shape index (κ2) is 2.94. The lowest BCUT2D eigenvalue weighted by Crippen LogP contribution is -1.92. The number of hydrogen-bond donors (Lipinski definition) is 1. The smallest absolute Gasteiger partial charge is 0.153 e. The predicted octanol–water partition coefficient (Wildman–Crippen LogP) is 1.89. The largest absolute Gasteiger partial charge is 0.505 e. The van der Waals surface area contributed by atoms with Crippen LogP contribution in [-0.4, -0.2) is 14.9 Å². The molecule has 0 bridgehead atoms. The molecule has 3 heteroatoms. The molecule has 0 radical (unpaired) electrons. The van der Waals surface area contributed by atoms with Gasteiger partial charge in [-0.25, -0.2) is 4.68 Å². The lowest BCUT2D eigenvalue weighted by atomic mass is 10.2. The average Bonchev–Trinajstić information content (AvgIpc) is 2.53. The van der Waals surface area contributed by atoms with Gasteiger partial charge in [-0.05, 0) is 19.1 Å². The lowest BCUT2D eigenvalue weighted by Gasteiger charge is -2.00. The van der Waals surface area contributed by atoms with Crippen molar-refractivity contribution < 1.29 is 5.11 Å². The van der Waals surface area contributed by atoms with Gasteiger partial charge >= 0.3 is 0 Å². The first-order valence-electron chi connectivity index (χ1n) is 4.06. The van der Waals surface area contributed by atoms with Gasteiger partial charge in [0.05, 0.1) is 18.1 Å². The minimum atomic E-state index is 0.181. The molecule has 0 atom stereocenters. The van der Waals surface area contributed by atoms with E-state index in [2.05, 4.69) is 5.10 Å². The molecular weight excluding hydrogens is 164 g/mol. The van der Waals surface area contributed by atoms with Gasteiger partial charge in [-0.2, -0.15) is 5.10 Å². The summed E-state index contributed by atoms with van der Waals surface area (Å²) in [6.45, 7) is 2.03. The van der Waals surface area contributed by atoms with Crippen molar-refractivity contribution in [3.05, 3.63) is 42.2 Å². The number of rotatable bonds is 1. The van der Waals surface area contributed by atoms with Crippen LogP contribution in [0.5, 0.6) is 5.75 Å². The molecule has 2 rings (SSSR count). The normalized spacial score (nSPS) is 10.2. The summed E-state index contributed by atoms with van der Waals surface area (Å²) in [6.07, 6.45) is 2.99. The van der Waals surface area contributed by atoms with E-state index in [1.54, 1.807) is 10.9 Å². The summed E-state index contributed by atoms with van der Waals surface area (Å²) < 4.78 is 1.63. The van der Waals surface area contributed by atoms with Crippen molar-refractivity contribution in [1.29, 1.82) is 0 Å². The van der Waals surface area contributed by atoms with Crippen LogP contribution in [0.2, 0.25) is 0 Å². The van der Waals surface area contributed by atoms with E-state index in [-0.39, 0.29) is 5.75 Å². The van der Waals surface area contributed by atoms with Gasteiger partial charge in [0.1, 0.15) is 0 Å². The van der Waals surface area contributed by atoms with Crippen molar-refractivity contribution in [2.45, 2.75) is 6.92 Å². The Morgan fingerprint density at radius 2 is 1.92 bits per heavy atom. The first kappa shape index (κ1) is 7.86. The summed E-state index contributed by atoms with van der Waals surface area (Å²) in [5.41, 5.74) is 2.16. The third-order valence-corrected chi connectivity index (χ3v) is 1.87. The highest BCUT2D eigenvalue weighted by molar-refractivity contribution is 5.34. The molecule has 0 unspecified atom stereocenters. The zero-order valence-electron chi connectivity index (χ0n) is 7.31. The fraction of sp³-hybridized carbons (Fsp3) is 0.100. The highest BCUT2D eigenvalue weighted by Crippen LogP contribution is 2.12. The average molecular weight is 174 g/mol. The first-order chi connectivity index (χ1) is 6.25. The maximum atomic E-state index is 9.09. The summed E-state index contributed by atoms with van der Waals surface area (Å²) in [4.78, 5) is 0. The monoisotopic (exact) mass is 174 g/mol. The molecule has 1 aromatic heterocycles. The zero-order valence-corrected chi connectivity index (χ0v) is 7.31. The SMILES string of the molecule is Cc1ccc(-n2cc(O)cn2)cc1. The molecular formula is C10H10N2O. The Morgan fingerprint density at radius 1 is 1.23 bits per heavy atom. The molecule has 0 fully saturated rings. The number of nitrogens with zero attached hydrogens (tertiary/aromatic N) is 2. The second-order valence-electron chi connectivity index (χ2n) is 2.98. The molecule has 0 aliphatic carbocycles. The summed E-state index contributed by atoms with van der Waals surface area (Å²) >= 11 is 0. The molecule has 3 nitrogen and oxygen atoms in total. The summed E-state index contributed by atoms with van der Waals surface area (Å²) in [5.74, 6) is 0.181. The Kier molecular flexibility index (Phi) is 1.77. The van der Waals surface area contributed by atoms with Gasteiger partial charge in [-0.15, -0.1) is 0 Å². The first-order valence-corrected chi connectivity index (χ1v) is 4.06. The lowest BCUT2D eigenvalue weighted by molar-refractivity contribution is 0.475. The van der Waals surface area contributed by atoms with Crippen LogP contribution in [0.3, 0.4) is 0 Å². The van der Waals surface area contributed by atoms with E-state index in [1.807, 2.05) is 31.2 Å². The standard InChI is InChI=1S/C10H10N2O/c1-8-2-4-9(5-3-8)12-7-10(13)6-11-12/h2-7,13H,1H3. The van der Waals surface area contributed by atoms with E-state index in [9.17, 15) is 0 Å². The Morgan fingerprint density at radius 3 is 2.46 bits per heavy atom. The van der Waals surface area contributed by atoms with Crippen LogP contribution in [0, 0.1) is 6.92 Å². The van der Waals surface area contributed by atoms with Gasteiger partial charge in [-0.3, -0.25) is 0 Å². The van der Waals surface area contributed by atoms with Gasteiger partial charge in [-0.1, -0.05) is 17.7 Å². The maximum absolute atomic E-state index is 9.09. The van der Waals surface area contributed by atoms with Gasteiger partial charge < -0.3 is 5.11 Å². The van der Waals surface area contributed by atoms with Crippen molar-refractivity contribution in [3.63, 3.8) is 0 Å². The van der Waals surface area contributed by atoms with Crippen molar-refractivity contribution >= 4 is 0 Å². The number of aromatic hydroxyl groups is 1. The Labute approximate surface area is 76.3 Å². The van der Waals surface area contributed by atoms with E-state index in [1.165, 1.54) is 11.8 Å². The van der Waals surface area contributed by atoms with Crippen LogP contribution >= 0.6 is 0 Å². The van der Waals surface area contributed by atoms with Crippen LogP contribution in [-0.2, 0) is 0 Å². The summed E-state index contributed by atoms with van der Waals surface area (Å²) in [5, 5.41) is 13.1. The van der Waals surface area contributed by atoms with Gasteiger partial charge in [0, 0.05) is 0 Å². The molecule has 2 aromatic rings. The van der Waals surface area contributed by atoms with Crippen molar-refractivity contribution in [1.82, 2.24) is 9.78 Å². The minimum absolute atomic E-state index is 0.181.